The molecule has 0 bridgehead atoms. The molecule has 1 saturated heterocycles. The van der Waals surface area contributed by atoms with Gasteiger partial charge in [-0.15, -0.1) is 0 Å². The van der Waals surface area contributed by atoms with E-state index in [1.807, 2.05) is 29.2 Å². The minimum absolute atomic E-state index is 0.214. The molecular formula is C17H21NO3. The van der Waals surface area contributed by atoms with Crippen LogP contribution in [0.2, 0.25) is 0 Å². The largest absolute Gasteiger partial charge is 0.478 e. The number of carboxylic acids is 1. The maximum Gasteiger partial charge on any atom is 0.328 e. The van der Waals surface area contributed by atoms with E-state index < -0.39 is 5.97 Å². The van der Waals surface area contributed by atoms with Crippen molar-refractivity contribution in [3.8, 4) is 0 Å². The van der Waals surface area contributed by atoms with E-state index in [-0.39, 0.29) is 5.91 Å². The smallest absolute Gasteiger partial charge is 0.328 e. The molecule has 0 radical (unpaired) electrons. The minimum atomic E-state index is -0.961. The molecule has 1 unspecified atom stereocenters. The Kier molecular flexibility index (Phi) is 5.14. The molecule has 0 aliphatic carbocycles. The number of likely N-dealkylation sites (tertiary alicyclic amines) is 1. The third-order valence-electron chi connectivity index (χ3n) is 3.84. The summed E-state index contributed by atoms with van der Waals surface area (Å²) in [5.74, 6) is -0.147. The number of rotatable bonds is 4. The highest BCUT2D eigenvalue weighted by atomic mass is 16.4. The van der Waals surface area contributed by atoms with Gasteiger partial charge in [0.05, 0.1) is 0 Å². The van der Waals surface area contributed by atoms with Crippen molar-refractivity contribution < 1.29 is 14.7 Å². The first-order valence-corrected chi connectivity index (χ1v) is 7.32. The minimum Gasteiger partial charge on any atom is -0.478 e. The lowest BCUT2D eigenvalue weighted by Gasteiger charge is -2.21. The average Bonchev–Trinajstić information content (AvgIpc) is 2.61. The molecule has 4 heteroatoms. The Morgan fingerprint density at radius 2 is 2.24 bits per heavy atom. The second kappa shape index (κ2) is 7.07. The van der Waals surface area contributed by atoms with Crippen molar-refractivity contribution in [3.05, 3.63) is 41.5 Å². The zero-order valence-corrected chi connectivity index (χ0v) is 12.3. The second-order valence-electron chi connectivity index (χ2n) is 5.66. The lowest BCUT2D eigenvalue weighted by atomic mass is 10.0. The van der Waals surface area contributed by atoms with Crippen molar-refractivity contribution in [1.82, 2.24) is 4.90 Å². The van der Waals surface area contributed by atoms with Crippen LogP contribution in [0.1, 0.15) is 37.3 Å². The maximum absolute atomic E-state index is 12.1. The summed E-state index contributed by atoms with van der Waals surface area (Å²) >= 11 is 0. The summed E-state index contributed by atoms with van der Waals surface area (Å²) in [7, 11) is 0. The highest BCUT2D eigenvalue weighted by Crippen LogP contribution is 2.19. The second-order valence-corrected chi connectivity index (χ2v) is 5.66. The van der Waals surface area contributed by atoms with Crippen LogP contribution in [0.15, 0.2) is 30.3 Å². The first-order chi connectivity index (χ1) is 10.0. The summed E-state index contributed by atoms with van der Waals surface area (Å²) in [6.07, 6.45) is 5.33. The fourth-order valence-electron chi connectivity index (χ4n) is 2.52. The molecule has 112 valence electrons. The van der Waals surface area contributed by atoms with Gasteiger partial charge in [0.2, 0.25) is 5.91 Å². The molecule has 1 aliphatic heterocycles. The number of carbonyl (C=O) groups is 2. The van der Waals surface area contributed by atoms with Crippen LogP contribution in [0.3, 0.4) is 0 Å². The number of hydrogen-bond acceptors (Lipinski definition) is 2. The first-order valence-electron chi connectivity index (χ1n) is 7.32. The zero-order valence-electron chi connectivity index (χ0n) is 12.3. The fraction of sp³-hybridized carbons (Fsp3) is 0.412. The highest BCUT2D eigenvalue weighted by Gasteiger charge is 2.20. The van der Waals surface area contributed by atoms with Crippen LogP contribution in [0.5, 0.6) is 0 Å². The number of benzene rings is 1. The van der Waals surface area contributed by atoms with Gasteiger partial charge in [0, 0.05) is 25.6 Å². The number of amides is 1. The van der Waals surface area contributed by atoms with Crippen LogP contribution in [0, 0.1) is 5.92 Å². The number of aliphatic carboxylic acids is 1. The third-order valence-corrected chi connectivity index (χ3v) is 3.84. The molecular weight excluding hydrogens is 266 g/mol. The topological polar surface area (TPSA) is 57.6 Å². The predicted molar refractivity (Wildman–Crippen MR) is 81.5 cm³/mol. The average molecular weight is 287 g/mol. The van der Waals surface area contributed by atoms with E-state index in [9.17, 15) is 9.59 Å². The van der Waals surface area contributed by atoms with E-state index in [1.165, 1.54) is 0 Å². The Morgan fingerprint density at radius 1 is 1.43 bits per heavy atom. The maximum atomic E-state index is 12.1. The molecule has 1 fully saturated rings. The number of nitrogens with zero attached hydrogens (tertiary/aromatic N) is 1. The summed E-state index contributed by atoms with van der Waals surface area (Å²) in [5.41, 5.74) is 1.87. The van der Waals surface area contributed by atoms with Gasteiger partial charge in [0.25, 0.3) is 0 Å². The van der Waals surface area contributed by atoms with Gasteiger partial charge in [-0.25, -0.2) is 4.79 Å². The van der Waals surface area contributed by atoms with E-state index in [0.29, 0.717) is 18.9 Å². The fourth-order valence-corrected chi connectivity index (χ4v) is 2.52. The van der Waals surface area contributed by atoms with Crippen molar-refractivity contribution in [2.45, 2.75) is 32.7 Å². The monoisotopic (exact) mass is 287 g/mol. The van der Waals surface area contributed by atoms with Gasteiger partial charge in [-0.05, 0) is 42.0 Å². The van der Waals surface area contributed by atoms with Gasteiger partial charge in [-0.2, -0.15) is 0 Å². The molecule has 1 amide bonds. The Bertz CT molecular complexity index is 551. The Morgan fingerprint density at radius 3 is 3.00 bits per heavy atom. The summed E-state index contributed by atoms with van der Waals surface area (Å²) in [4.78, 5) is 24.6. The number of carboxylic acid groups (broad SMARTS) is 1. The number of carbonyl (C=O) groups excluding carboxylic acids is 1. The quantitative estimate of drug-likeness (QED) is 0.866. The van der Waals surface area contributed by atoms with E-state index in [2.05, 4.69) is 6.92 Å². The Labute approximate surface area is 125 Å². The molecule has 0 spiro atoms. The van der Waals surface area contributed by atoms with Gasteiger partial charge in [0.1, 0.15) is 0 Å². The lowest BCUT2D eigenvalue weighted by molar-refractivity contribution is -0.132. The van der Waals surface area contributed by atoms with E-state index >= 15 is 0 Å². The van der Waals surface area contributed by atoms with Crippen LogP contribution in [-0.2, 0) is 16.1 Å². The van der Waals surface area contributed by atoms with Gasteiger partial charge in [-0.1, -0.05) is 25.1 Å². The van der Waals surface area contributed by atoms with Crippen LogP contribution in [0.25, 0.3) is 6.08 Å². The molecule has 1 aromatic rings. The van der Waals surface area contributed by atoms with Crippen molar-refractivity contribution in [3.63, 3.8) is 0 Å². The van der Waals surface area contributed by atoms with Crippen LogP contribution in [-0.4, -0.2) is 28.4 Å². The third kappa shape index (κ3) is 4.74. The molecule has 0 aromatic heterocycles. The molecule has 4 nitrogen and oxygen atoms in total. The molecule has 0 saturated carbocycles. The molecule has 1 atom stereocenters. The van der Waals surface area contributed by atoms with E-state index in [0.717, 1.165) is 36.6 Å². The van der Waals surface area contributed by atoms with Gasteiger partial charge in [0.15, 0.2) is 0 Å². The van der Waals surface area contributed by atoms with Gasteiger partial charge < -0.3 is 10.0 Å². The summed E-state index contributed by atoms with van der Waals surface area (Å²) in [6, 6.07) is 7.65. The van der Waals surface area contributed by atoms with E-state index in [1.54, 1.807) is 6.08 Å². The van der Waals surface area contributed by atoms with Crippen LogP contribution in [0.4, 0.5) is 0 Å². The highest BCUT2D eigenvalue weighted by molar-refractivity contribution is 5.85. The standard InChI is InChI=1S/C17H21NO3/c1-13-5-7-16(19)18(10-9-13)12-15-4-2-3-14(11-15)6-8-17(20)21/h2-4,6,8,11,13H,5,7,9-10,12H2,1H3,(H,20,21). The molecule has 2 rings (SSSR count). The van der Waals surface area contributed by atoms with Gasteiger partial charge in [-0.3, -0.25) is 4.79 Å². The molecule has 1 heterocycles. The van der Waals surface area contributed by atoms with Crippen LogP contribution < -0.4 is 0 Å². The Balaban J connectivity index is 2.06. The lowest BCUT2D eigenvalue weighted by Crippen LogP contribution is -2.29. The summed E-state index contributed by atoms with van der Waals surface area (Å²) < 4.78 is 0. The molecule has 21 heavy (non-hydrogen) atoms. The predicted octanol–water partition coefficient (Wildman–Crippen LogP) is 2.93. The van der Waals surface area contributed by atoms with Crippen molar-refractivity contribution in [1.29, 1.82) is 0 Å². The first kappa shape index (κ1) is 15.3. The summed E-state index contributed by atoms with van der Waals surface area (Å²) in [5, 5.41) is 8.66. The van der Waals surface area contributed by atoms with Crippen molar-refractivity contribution >= 4 is 18.0 Å². The summed E-state index contributed by atoms with van der Waals surface area (Å²) in [6.45, 7) is 3.59. The number of hydrogen-bond donors (Lipinski definition) is 1. The Hall–Kier alpha value is -2.10. The van der Waals surface area contributed by atoms with E-state index in [4.69, 9.17) is 5.11 Å². The molecule has 1 aliphatic rings. The van der Waals surface area contributed by atoms with Crippen molar-refractivity contribution in [2.75, 3.05) is 6.54 Å². The normalized spacial score (nSPS) is 19.8. The van der Waals surface area contributed by atoms with Crippen LogP contribution >= 0.6 is 0 Å². The van der Waals surface area contributed by atoms with Gasteiger partial charge >= 0.3 is 5.97 Å². The zero-order chi connectivity index (χ0) is 15.2. The SMILES string of the molecule is CC1CCC(=O)N(Cc2cccc(C=CC(=O)O)c2)CC1. The molecule has 1 aromatic carbocycles. The molecule has 1 N–H and O–H groups in total. The van der Waals surface area contributed by atoms with Crippen molar-refractivity contribution in [2.24, 2.45) is 5.92 Å².